The molecule has 20 heavy (non-hydrogen) atoms. The van der Waals surface area contributed by atoms with Gasteiger partial charge in [-0.1, -0.05) is 13.8 Å². The summed E-state index contributed by atoms with van der Waals surface area (Å²) in [7, 11) is 0. The number of alkyl halides is 3. The number of amides is 2. The molecule has 1 N–H and O–H groups in total. The largest absolute Gasteiger partial charge is 0.391 e. The van der Waals surface area contributed by atoms with E-state index in [1.165, 1.54) is 20.8 Å². The Hall–Kier alpha value is -1.27. The molecule has 2 unspecified atom stereocenters. The molecule has 0 spiro atoms. The Bertz CT molecular complexity index is 405. The lowest BCUT2D eigenvalue weighted by molar-refractivity contribution is -0.170. The Morgan fingerprint density at radius 1 is 1.25 bits per heavy atom. The summed E-state index contributed by atoms with van der Waals surface area (Å²) in [6.07, 6.45) is -5.50. The summed E-state index contributed by atoms with van der Waals surface area (Å²) >= 11 is 0. The van der Waals surface area contributed by atoms with Crippen LogP contribution >= 0.6 is 0 Å². The Balaban J connectivity index is 3.12. The molecule has 2 amide bonds. The number of carbonyl (C=O) groups excluding carboxylic acids is 2. The molecule has 1 saturated heterocycles. The average molecular weight is 294 g/mol. The van der Waals surface area contributed by atoms with Crippen molar-refractivity contribution in [2.75, 3.05) is 0 Å². The molecular formula is C13H21F3N2O2. The quantitative estimate of drug-likeness (QED) is 0.866. The standard InChI is InChI=1S/C13H21F3N2O2/c1-7(2)9-10(19)17-12(4,5)11(20)18(9)8(3)6-13(14,15)16/h7-9H,6H2,1-5H3,(H,17,19). The van der Waals surface area contributed by atoms with Gasteiger partial charge in [-0.15, -0.1) is 0 Å². The predicted octanol–water partition coefficient (Wildman–Crippen LogP) is 2.09. The zero-order valence-electron chi connectivity index (χ0n) is 12.3. The summed E-state index contributed by atoms with van der Waals surface area (Å²) in [5, 5.41) is 2.57. The van der Waals surface area contributed by atoms with Gasteiger partial charge in [-0.05, 0) is 26.7 Å². The fraction of sp³-hybridized carbons (Fsp3) is 0.846. The van der Waals surface area contributed by atoms with E-state index in [4.69, 9.17) is 0 Å². The third kappa shape index (κ3) is 3.43. The monoisotopic (exact) mass is 294 g/mol. The highest BCUT2D eigenvalue weighted by Crippen LogP contribution is 2.30. The van der Waals surface area contributed by atoms with Crippen molar-refractivity contribution >= 4 is 11.8 Å². The van der Waals surface area contributed by atoms with Gasteiger partial charge < -0.3 is 10.2 Å². The van der Waals surface area contributed by atoms with Crippen molar-refractivity contribution in [1.29, 1.82) is 0 Å². The molecule has 1 rings (SSSR count). The van der Waals surface area contributed by atoms with E-state index in [0.29, 0.717) is 0 Å². The third-order valence-corrected chi connectivity index (χ3v) is 3.41. The van der Waals surface area contributed by atoms with Crippen molar-refractivity contribution in [3.63, 3.8) is 0 Å². The summed E-state index contributed by atoms with van der Waals surface area (Å²) in [6.45, 7) is 7.75. The van der Waals surface area contributed by atoms with Crippen LogP contribution in [-0.4, -0.2) is 40.5 Å². The van der Waals surface area contributed by atoms with Crippen LogP contribution in [0.3, 0.4) is 0 Å². The molecule has 0 bridgehead atoms. The van der Waals surface area contributed by atoms with E-state index < -0.39 is 42.0 Å². The van der Waals surface area contributed by atoms with E-state index in [1.54, 1.807) is 13.8 Å². The highest BCUT2D eigenvalue weighted by molar-refractivity contribution is 5.99. The number of nitrogens with one attached hydrogen (secondary N) is 1. The first kappa shape index (κ1) is 16.8. The molecule has 1 fully saturated rings. The van der Waals surface area contributed by atoms with E-state index in [-0.39, 0.29) is 5.92 Å². The number of piperazine rings is 1. The number of rotatable bonds is 3. The zero-order chi connectivity index (χ0) is 15.9. The molecule has 116 valence electrons. The van der Waals surface area contributed by atoms with Gasteiger partial charge in [0.2, 0.25) is 11.8 Å². The molecule has 2 atom stereocenters. The first-order valence-corrected chi connectivity index (χ1v) is 6.58. The number of nitrogens with zero attached hydrogens (tertiary/aromatic N) is 1. The second-order valence-electron chi connectivity index (χ2n) is 6.18. The molecule has 1 heterocycles. The Kier molecular flexibility index (Phi) is 4.41. The molecule has 1 aliphatic rings. The van der Waals surface area contributed by atoms with Crippen molar-refractivity contribution in [2.24, 2.45) is 5.92 Å². The van der Waals surface area contributed by atoms with Gasteiger partial charge >= 0.3 is 6.18 Å². The normalized spacial score (nSPS) is 24.9. The first-order valence-electron chi connectivity index (χ1n) is 6.58. The van der Waals surface area contributed by atoms with Crippen LogP contribution in [-0.2, 0) is 9.59 Å². The molecule has 0 aliphatic carbocycles. The number of halogens is 3. The second-order valence-corrected chi connectivity index (χ2v) is 6.18. The second kappa shape index (κ2) is 5.26. The van der Waals surface area contributed by atoms with Crippen LogP contribution in [0.4, 0.5) is 13.2 Å². The highest BCUT2D eigenvalue weighted by atomic mass is 19.4. The molecule has 0 aromatic carbocycles. The van der Waals surface area contributed by atoms with Crippen molar-refractivity contribution in [3.05, 3.63) is 0 Å². The number of hydrogen-bond acceptors (Lipinski definition) is 2. The van der Waals surface area contributed by atoms with Gasteiger partial charge in [-0.2, -0.15) is 13.2 Å². The Morgan fingerprint density at radius 3 is 2.15 bits per heavy atom. The lowest BCUT2D eigenvalue weighted by Crippen LogP contribution is -2.71. The summed E-state index contributed by atoms with van der Waals surface area (Å²) in [6, 6.07) is -1.94. The number of carbonyl (C=O) groups is 2. The molecule has 7 heteroatoms. The van der Waals surface area contributed by atoms with E-state index >= 15 is 0 Å². The average Bonchev–Trinajstić information content (AvgIpc) is 2.18. The van der Waals surface area contributed by atoms with Gasteiger partial charge in [0.25, 0.3) is 0 Å². The van der Waals surface area contributed by atoms with Gasteiger partial charge in [0.15, 0.2) is 0 Å². The fourth-order valence-corrected chi connectivity index (χ4v) is 2.54. The molecule has 4 nitrogen and oxygen atoms in total. The molecule has 0 aromatic rings. The van der Waals surface area contributed by atoms with Crippen LogP contribution in [0, 0.1) is 5.92 Å². The van der Waals surface area contributed by atoms with Gasteiger partial charge in [0.1, 0.15) is 11.6 Å². The lowest BCUT2D eigenvalue weighted by Gasteiger charge is -2.47. The van der Waals surface area contributed by atoms with Crippen LogP contribution in [0.5, 0.6) is 0 Å². The topological polar surface area (TPSA) is 49.4 Å². The van der Waals surface area contributed by atoms with E-state index in [1.807, 2.05) is 0 Å². The maximum absolute atomic E-state index is 12.6. The Morgan fingerprint density at radius 2 is 1.75 bits per heavy atom. The summed E-state index contributed by atoms with van der Waals surface area (Å²) in [5.74, 6) is -1.14. The van der Waals surface area contributed by atoms with Crippen molar-refractivity contribution < 1.29 is 22.8 Å². The lowest BCUT2D eigenvalue weighted by atomic mass is 9.89. The van der Waals surface area contributed by atoms with Crippen molar-refractivity contribution in [3.8, 4) is 0 Å². The molecular weight excluding hydrogens is 273 g/mol. The van der Waals surface area contributed by atoms with Crippen LogP contribution in [0.15, 0.2) is 0 Å². The summed E-state index contributed by atoms with van der Waals surface area (Å²) in [5.41, 5.74) is -1.18. The maximum atomic E-state index is 12.6. The minimum Gasteiger partial charge on any atom is -0.340 e. The predicted molar refractivity (Wildman–Crippen MR) is 67.8 cm³/mol. The van der Waals surface area contributed by atoms with Crippen LogP contribution in [0.2, 0.25) is 0 Å². The smallest absolute Gasteiger partial charge is 0.340 e. The minimum atomic E-state index is -4.38. The molecule has 1 aliphatic heterocycles. The number of hydrogen-bond donors (Lipinski definition) is 1. The zero-order valence-corrected chi connectivity index (χ0v) is 12.3. The van der Waals surface area contributed by atoms with Crippen molar-refractivity contribution in [1.82, 2.24) is 10.2 Å². The summed E-state index contributed by atoms with van der Waals surface area (Å²) < 4.78 is 37.7. The van der Waals surface area contributed by atoms with Gasteiger partial charge in [-0.25, -0.2) is 0 Å². The van der Waals surface area contributed by atoms with Gasteiger partial charge in [0.05, 0.1) is 6.42 Å². The van der Waals surface area contributed by atoms with E-state index in [2.05, 4.69) is 5.32 Å². The van der Waals surface area contributed by atoms with Crippen LogP contribution < -0.4 is 5.32 Å². The summed E-state index contributed by atoms with van der Waals surface area (Å²) in [4.78, 5) is 25.6. The van der Waals surface area contributed by atoms with Crippen LogP contribution in [0.25, 0.3) is 0 Å². The van der Waals surface area contributed by atoms with Crippen LogP contribution in [0.1, 0.15) is 41.0 Å². The highest BCUT2D eigenvalue weighted by Gasteiger charge is 2.49. The van der Waals surface area contributed by atoms with Gasteiger partial charge in [-0.3, -0.25) is 9.59 Å². The van der Waals surface area contributed by atoms with Crippen molar-refractivity contribution in [2.45, 2.75) is 64.8 Å². The third-order valence-electron chi connectivity index (χ3n) is 3.41. The SMILES string of the molecule is CC(C)C1C(=O)NC(C)(C)C(=O)N1C(C)CC(F)(F)F. The Labute approximate surface area is 116 Å². The van der Waals surface area contributed by atoms with E-state index in [0.717, 1.165) is 4.90 Å². The van der Waals surface area contributed by atoms with Gasteiger partial charge in [0, 0.05) is 6.04 Å². The fourth-order valence-electron chi connectivity index (χ4n) is 2.54. The van der Waals surface area contributed by atoms with E-state index in [9.17, 15) is 22.8 Å². The molecule has 0 aromatic heterocycles. The molecule has 0 radical (unpaired) electrons. The minimum absolute atomic E-state index is 0.259. The maximum Gasteiger partial charge on any atom is 0.391 e. The first-order chi connectivity index (χ1) is 8.87. The molecule has 0 saturated carbocycles.